The van der Waals surface area contributed by atoms with E-state index in [1.54, 1.807) is 12.1 Å². The summed E-state index contributed by atoms with van der Waals surface area (Å²) in [4.78, 5) is 0. The van der Waals surface area contributed by atoms with Crippen molar-refractivity contribution in [1.82, 2.24) is 0 Å². The third-order valence-electron chi connectivity index (χ3n) is 2.89. The lowest BCUT2D eigenvalue weighted by Crippen LogP contribution is -2.00. The van der Waals surface area contributed by atoms with Crippen LogP contribution in [-0.2, 0) is 0 Å². The molecule has 1 fully saturated rings. The van der Waals surface area contributed by atoms with Crippen LogP contribution in [0.15, 0.2) is 22.7 Å². The van der Waals surface area contributed by atoms with Gasteiger partial charge in [-0.2, -0.15) is 0 Å². The summed E-state index contributed by atoms with van der Waals surface area (Å²) in [5, 5.41) is 9.91. The molecule has 1 N–H and O–H groups in total. The fourth-order valence-electron chi connectivity index (χ4n) is 1.73. The first-order chi connectivity index (χ1) is 7.18. The van der Waals surface area contributed by atoms with Crippen molar-refractivity contribution in [2.45, 2.75) is 31.8 Å². The van der Waals surface area contributed by atoms with Crippen molar-refractivity contribution in [2.75, 3.05) is 0 Å². The van der Waals surface area contributed by atoms with Crippen LogP contribution in [0.25, 0.3) is 0 Å². The van der Waals surface area contributed by atoms with Crippen LogP contribution in [0.5, 0.6) is 0 Å². The zero-order valence-electron chi connectivity index (χ0n) is 8.42. The molecule has 0 heterocycles. The van der Waals surface area contributed by atoms with Gasteiger partial charge in [0.15, 0.2) is 0 Å². The molecule has 1 nitrogen and oxygen atoms in total. The van der Waals surface area contributed by atoms with E-state index in [9.17, 15) is 9.50 Å². The molecule has 1 aromatic carbocycles. The number of aliphatic hydroxyl groups is 1. The molecule has 1 atom stereocenters. The van der Waals surface area contributed by atoms with Crippen molar-refractivity contribution < 1.29 is 9.50 Å². The normalized spacial score (nSPS) is 17.8. The van der Waals surface area contributed by atoms with Crippen LogP contribution in [-0.4, -0.2) is 5.11 Å². The second-order valence-corrected chi connectivity index (χ2v) is 4.97. The second kappa shape index (κ2) is 4.62. The number of halogens is 2. The highest BCUT2D eigenvalue weighted by atomic mass is 79.9. The molecule has 1 aliphatic carbocycles. The monoisotopic (exact) mass is 272 g/mol. The molecular weight excluding hydrogens is 259 g/mol. The minimum atomic E-state index is -0.546. The molecule has 0 saturated heterocycles. The lowest BCUT2D eigenvalue weighted by atomic mass is 10.0. The van der Waals surface area contributed by atoms with E-state index in [0.29, 0.717) is 10.0 Å². The summed E-state index contributed by atoms with van der Waals surface area (Å²) >= 11 is 3.17. The summed E-state index contributed by atoms with van der Waals surface area (Å²) in [6.45, 7) is 0. The lowest BCUT2D eigenvalue weighted by Gasteiger charge is -2.12. The first-order valence-corrected chi connectivity index (χ1v) is 6.09. The molecule has 82 valence electrons. The van der Waals surface area contributed by atoms with Gasteiger partial charge < -0.3 is 5.11 Å². The zero-order valence-corrected chi connectivity index (χ0v) is 10.0. The van der Waals surface area contributed by atoms with Gasteiger partial charge in [-0.3, -0.25) is 0 Å². The van der Waals surface area contributed by atoms with E-state index in [2.05, 4.69) is 15.9 Å². The van der Waals surface area contributed by atoms with Crippen molar-refractivity contribution in [3.63, 3.8) is 0 Å². The molecule has 1 aromatic rings. The van der Waals surface area contributed by atoms with Gasteiger partial charge in [0.1, 0.15) is 5.82 Å². The van der Waals surface area contributed by atoms with Gasteiger partial charge in [0.2, 0.25) is 0 Å². The molecular formula is C12H14BrFO. The quantitative estimate of drug-likeness (QED) is 0.884. The predicted molar refractivity (Wildman–Crippen MR) is 61.0 cm³/mol. The first-order valence-electron chi connectivity index (χ1n) is 5.30. The van der Waals surface area contributed by atoms with Crippen LogP contribution in [0.3, 0.4) is 0 Å². The third-order valence-corrected chi connectivity index (χ3v) is 3.72. The Morgan fingerprint density at radius 2 is 2.20 bits per heavy atom. The lowest BCUT2D eigenvalue weighted by molar-refractivity contribution is 0.161. The summed E-state index contributed by atoms with van der Waals surface area (Å²) in [7, 11) is 0. The van der Waals surface area contributed by atoms with Crippen LogP contribution in [0.2, 0.25) is 0 Å². The maximum atomic E-state index is 13.2. The molecule has 0 amide bonds. The van der Waals surface area contributed by atoms with E-state index in [1.165, 1.54) is 18.9 Å². The number of hydrogen-bond donors (Lipinski definition) is 1. The minimum Gasteiger partial charge on any atom is -0.388 e. The van der Waals surface area contributed by atoms with Gasteiger partial charge in [-0.15, -0.1) is 0 Å². The fourth-order valence-corrected chi connectivity index (χ4v) is 2.26. The van der Waals surface area contributed by atoms with Crippen LogP contribution in [0.1, 0.15) is 37.4 Å². The van der Waals surface area contributed by atoms with Crippen molar-refractivity contribution >= 4 is 15.9 Å². The van der Waals surface area contributed by atoms with E-state index >= 15 is 0 Å². The Morgan fingerprint density at radius 3 is 2.87 bits per heavy atom. The molecule has 1 unspecified atom stereocenters. The molecule has 0 radical (unpaired) electrons. The van der Waals surface area contributed by atoms with Crippen molar-refractivity contribution in [2.24, 2.45) is 5.92 Å². The molecule has 0 bridgehead atoms. The molecule has 0 spiro atoms. The molecule has 3 heteroatoms. The van der Waals surface area contributed by atoms with Crippen molar-refractivity contribution in [3.05, 3.63) is 34.1 Å². The van der Waals surface area contributed by atoms with Gasteiger partial charge in [-0.05, 0) is 46.3 Å². The molecule has 0 aromatic heterocycles. The fraction of sp³-hybridized carbons (Fsp3) is 0.500. The predicted octanol–water partition coefficient (Wildman–Crippen LogP) is 3.81. The van der Waals surface area contributed by atoms with Gasteiger partial charge in [0, 0.05) is 0 Å². The topological polar surface area (TPSA) is 20.2 Å². The SMILES string of the molecule is OC(CCC1CC1)c1cccc(F)c1Br. The zero-order chi connectivity index (χ0) is 10.8. The summed E-state index contributed by atoms with van der Waals surface area (Å²) in [6, 6.07) is 4.79. The highest BCUT2D eigenvalue weighted by Gasteiger charge is 2.23. The van der Waals surface area contributed by atoms with Crippen LogP contribution in [0, 0.1) is 11.7 Å². The van der Waals surface area contributed by atoms with Crippen molar-refractivity contribution in [1.29, 1.82) is 0 Å². The maximum absolute atomic E-state index is 13.2. The van der Waals surface area contributed by atoms with E-state index in [4.69, 9.17) is 0 Å². The Bertz CT molecular complexity index is 349. The largest absolute Gasteiger partial charge is 0.388 e. The summed E-state index contributed by atoms with van der Waals surface area (Å²) in [5.74, 6) is 0.491. The highest BCUT2D eigenvalue weighted by Crippen LogP contribution is 2.37. The van der Waals surface area contributed by atoms with Gasteiger partial charge in [0.25, 0.3) is 0 Å². The molecule has 1 aliphatic rings. The Labute approximate surface area is 97.4 Å². The van der Waals surface area contributed by atoms with Crippen LogP contribution < -0.4 is 0 Å². The van der Waals surface area contributed by atoms with Crippen LogP contribution in [0.4, 0.5) is 4.39 Å². The summed E-state index contributed by atoms with van der Waals surface area (Å²) in [6.07, 6.45) is 3.81. The minimum absolute atomic E-state index is 0.307. The smallest absolute Gasteiger partial charge is 0.137 e. The van der Waals surface area contributed by atoms with Gasteiger partial charge >= 0.3 is 0 Å². The Balaban J connectivity index is 2.02. The first kappa shape index (κ1) is 11.1. The van der Waals surface area contributed by atoms with Gasteiger partial charge in [-0.25, -0.2) is 4.39 Å². The molecule has 1 saturated carbocycles. The Morgan fingerprint density at radius 1 is 1.47 bits per heavy atom. The van der Waals surface area contributed by atoms with E-state index in [1.807, 2.05) is 0 Å². The number of rotatable bonds is 4. The van der Waals surface area contributed by atoms with E-state index < -0.39 is 6.10 Å². The standard InChI is InChI=1S/C12H14BrFO/c13-12-9(2-1-3-10(12)14)11(15)7-6-8-4-5-8/h1-3,8,11,15H,4-7H2. The van der Waals surface area contributed by atoms with E-state index in [-0.39, 0.29) is 5.82 Å². The number of benzene rings is 1. The van der Waals surface area contributed by atoms with E-state index in [0.717, 1.165) is 18.8 Å². The second-order valence-electron chi connectivity index (χ2n) is 4.18. The third kappa shape index (κ3) is 2.79. The number of hydrogen-bond acceptors (Lipinski definition) is 1. The highest BCUT2D eigenvalue weighted by molar-refractivity contribution is 9.10. The van der Waals surface area contributed by atoms with Gasteiger partial charge in [0.05, 0.1) is 10.6 Å². The Kier molecular flexibility index (Phi) is 3.42. The Hall–Kier alpha value is -0.410. The average molecular weight is 273 g/mol. The molecule has 0 aliphatic heterocycles. The van der Waals surface area contributed by atoms with Gasteiger partial charge in [-0.1, -0.05) is 25.0 Å². The number of aliphatic hydroxyl groups excluding tert-OH is 1. The maximum Gasteiger partial charge on any atom is 0.137 e. The molecule has 15 heavy (non-hydrogen) atoms. The van der Waals surface area contributed by atoms with Crippen LogP contribution >= 0.6 is 15.9 Å². The average Bonchev–Trinajstić information content (AvgIpc) is 3.02. The summed E-state index contributed by atoms with van der Waals surface area (Å²) in [5.41, 5.74) is 0.663. The van der Waals surface area contributed by atoms with Crippen molar-refractivity contribution in [3.8, 4) is 0 Å². The molecule has 2 rings (SSSR count). The summed E-state index contributed by atoms with van der Waals surface area (Å²) < 4.78 is 13.6.